The van der Waals surface area contributed by atoms with Gasteiger partial charge in [0.1, 0.15) is 5.00 Å². The Kier molecular flexibility index (Phi) is 5.61. The normalized spacial score (nSPS) is 14.4. The summed E-state index contributed by atoms with van der Waals surface area (Å²) in [4.78, 5) is 27.4. The fourth-order valence-electron chi connectivity index (χ4n) is 3.08. The molecular weight excluding hydrogens is 393 g/mol. The van der Waals surface area contributed by atoms with Crippen molar-refractivity contribution in [1.82, 2.24) is 4.90 Å². The van der Waals surface area contributed by atoms with E-state index in [-0.39, 0.29) is 5.69 Å². The summed E-state index contributed by atoms with van der Waals surface area (Å²) in [5.41, 5.74) is 6.06. The summed E-state index contributed by atoms with van der Waals surface area (Å²) in [7, 11) is 0. The number of nitrogens with two attached hydrogens (primary N) is 1. The van der Waals surface area contributed by atoms with Gasteiger partial charge in [-0.1, -0.05) is 6.92 Å². The number of thiophene rings is 1. The third kappa shape index (κ3) is 4.28. The van der Waals surface area contributed by atoms with E-state index in [4.69, 9.17) is 5.73 Å². The van der Waals surface area contributed by atoms with Gasteiger partial charge in [-0.2, -0.15) is 13.2 Å². The summed E-state index contributed by atoms with van der Waals surface area (Å²) >= 11 is 1.29. The number of anilines is 2. The van der Waals surface area contributed by atoms with Gasteiger partial charge in [0.2, 0.25) is 0 Å². The molecule has 0 saturated heterocycles. The number of halogens is 3. The Bertz CT molecular complexity index is 893. The first-order valence-corrected chi connectivity index (χ1v) is 9.42. The fraction of sp³-hybridized carbons (Fsp3) is 0.333. The Balaban J connectivity index is 1.75. The average molecular weight is 412 g/mol. The van der Waals surface area contributed by atoms with Crippen LogP contribution in [0.3, 0.4) is 0 Å². The van der Waals surface area contributed by atoms with Gasteiger partial charge in [0, 0.05) is 23.7 Å². The molecule has 0 atom stereocenters. The van der Waals surface area contributed by atoms with Gasteiger partial charge < -0.3 is 11.1 Å². The third-order valence-electron chi connectivity index (χ3n) is 4.53. The average Bonchev–Trinajstić information content (AvgIpc) is 2.98. The molecule has 1 aliphatic heterocycles. The van der Waals surface area contributed by atoms with E-state index in [0.29, 0.717) is 23.5 Å². The second-order valence-corrected chi connectivity index (χ2v) is 7.45. The molecule has 0 unspecified atom stereocenters. The Morgan fingerprint density at radius 3 is 2.46 bits per heavy atom. The van der Waals surface area contributed by atoms with Crippen LogP contribution in [0.15, 0.2) is 24.3 Å². The number of carbonyl (C=O) groups is 2. The highest BCUT2D eigenvalue weighted by atomic mass is 32.1. The number of benzene rings is 1. The zero-order chi connectivity index (χ0) is 20.5. The van der Waals surface area contributed by atoms with E-state index in [1.807, 2.05) is 6.92 Å². The van der Waals surface area contributed by atoms with Crippen LogP contribution in [0.1, 0.15) is 33.3 Å². The minimum Gasteiger partial charge on any atom is -0.365 e. The third-order valence-corrected chi connectivity index (χ3v) is 5.66. The van der Waals surface area contributed by atoms with Crippen LogP contribution >= 0.6 is 11.3 Å². The number of hydrogen-bond donors (Lipinski definition) is 3. The lowest BCUT2D eigenvalue weighted by molar-refractivity contribution is -0.137. The van der Waals surface area contributed by atoms with E-state index < -0.39 is 23.7 Å². The topological polar surface area (TPSA) is 87.5 Å². The number of primary amides is 1. The number of alkyl halides is 3. The smallest absolute Gasteiger partial charge is 0.365 e. The van der Waals surface area contributed by atoms with E-state index in [1.165, 1.54) is 11.3 Å². The molecule has 28 heavy (non-hydrogen) atoms. The molecule has 1 aliphatic rings. The van der Waals surface area contributed by atoms with E-state index in [9.17, 15) is 22.8 Å². The molecule has 4 N–H and O–H groups in total. The first-order valence-electron chi connectivity index (χ1n) is 8.61. The number of fused-ring (bicyclic) bond motifs is 1. The molecule has 1 aromatic heterocycles. The van der Waals surface area contributed by atoms with Gasteiger partial charge in [0.05, 0.1) is 11.1 Å². The fourth-order valence-corrected chi connectivity index (χ4v) is 4.37. The van der Waals surface area contributed by atoms with Gasteiger partial charge in [-0.25, -0.2) is 4.79 Å². The maximum Gasteiger partial charge on any atom is 0.416 e. The van der Waals surface area contributed by atoms with Crippen LogP contribution in [0, 0.1) is 0 Å². The lowest BCUT2D eigenvalue weighted by atomic mass is 10.0. The van der Waals surface area contributed by atoms with Gasteiger partial charge in [-0.3, -0.25) is 15.0 Å². The number of hydrogen-bond acceptors (Lipinski definition) is 4. The minimum atomic E-state index is -4.44. The van der Waals surface area contributed by atoms with Gasteiger partial charge in [0.25, 0.3) is 5.91 Å². The van der Waals surface area contributed by atoms with Crippen molar-refractivity contribution in [2.45, 2.75) is 26.1 Å². The van der Waals surface area contributed by atoms with Crippen molar-refractivity contribution >= 4 is 34.0 Å². The van der Waals surface area contributed by atoms with Crippen LogP contribution in [-0.4, -0.2) is 29.9 Å². The van der Waals surface area contributed by atoms with Crippen LogP contribution in [-0.2, 0) is 19.1 Å². The predicted octanol–water partition coefficient (Wildman–Crippen LogP) is 3.89. The number of rotatable bonds is 4. The standard InChI is InChI=1S/C18H19F3N4O2S/c1-2-25-8-7-12-13(9-25)28-16(14(12)15(22)26)24-17(27)23-11-5-3-10(4-6-11)18(19,20)21/h3-6H,2,7-9H2,1H3,(H2,22,26)(H2,23,24,27). The summed E-state index contributed by atoms with van der Waals surface area (Å²) < 4.78 is 37.8. The number of nitrogens with one attached hydrogen (secondary N) is 2. The molecule has 0 aliphatic carbocycles. The summed E-state index contributed by atoms with van der Waals surface area (Å²) in [5, 5.41) is 5.41. The SMILES string of the molecule is CCN1CCc2c(sc(NC(=O)Nc3ccc(C(F)(F)F)cc3)c2C(N)=O)C1. The summed E-state index contributed by atoms with van der Waals surface area (Å²) in [6.07, 6.45) is -3.78. The molecule has 150 valence electrons. The monoisotopic (exact) mass is 412 g/mol. The molecular formula is C18H19F3N4O2S. The minimum absolute atomic E-state index is 0.199. The van der Waals surface area contributed by atoms with Crippen LogP contribution < -0.4 is 16.4 Å². The number of urea groups is 1. The van der Waals surface area contributed by atoms with Crippen molar-refractivity contribution in [2.24, 2.45) is 5.73 Å². The predicted molar refractivity (Wildman–Crippen MR) is 102 cm³/mol. The zero-order valence-corrected chi connectivity index (χ0v) is 15.8. The van der Waals surface area contributed by atoms with Crippen LogP contribution in [0.25, 0.3) is 0 Å². The van der Waals surface area contributed by atoms with Crippen LogP contribution in [0.2, 0.25) is 0 Å². The molecule has 2 heterocycles. The molecule has 0 radical (unpaired) electrons. The van der Waals surface area contributed by atoms with Crippen LogP contribution in [0.4, 0.5) is 28.7 Å². The molecule has 2 aromatic rings. The first-order chi connectivity index (χ1) is 13.2. The first kappa shape index (κ1) is 20.2. The Morgan fingerprint density at radius 2 is 1.89 bits per heavy atom. The van der Waals surface area contributed by atoms with Crippen molar-refractivity contribution in [3.63, 3.8) is 0 Å². The Morgan fingerprint density at radius 1 is 1.21 bits per heavy atom. The van der Waals surface area contributed by atoms with Crippen LogP contribution in [0.5, 0.6) is 0 Å². The largest absolute Gasteiger partial charge is 0.416 e. The van der Waals surface area contributed by atoms with Gasteiger partial charge >= 0.3 is 12.2 Å². The number of amides is 3. The van der Waals surface area contributed by atoms with Crippen molar-refractivity contribution in [2.75, 3.05) is 23.7 Å². The second-order valence-electron chi connectivity index (χ2n) is 6.35. The Hall–Kier alpha value is -2.59. The van der Waals surface area contributed by atoms with Gasteiger partial charge in [-0.15, -0.1) is 11.3 Å². The van der Waals surface area contributed by atoms with E-state index in [0.717, 1.165) is 47.8 Å². The number of carbonyl (C=O) groups excluding carboxylic acids is 2. The second kappa shape index (κ2) is 7.80. The molecule has 3 rings (SSSR count). The molecule has 0 saturated carbocycles. The number of likely N-dealkylation sites (N-methyl/N-ethyl adjacent to an activating group) is 1. The molecule has 1 aromatic carbocycles. The quantitative estimate of drug-likeness (QED) is 0.712. The lowest BCUT2D eigenvalue weighted by Crippen LogP contribution is -2.30. The summed E-state index contributed by atoms with van der Waals surface area (Å²) in [6.45, 7) is 4.40. The Labute approximate surface area is 163 Å². The van der Waals surface area contributed by atoms with Crippen molar-refractivity contribution in [3.05, 3.63) is 45.8 Å². The molecule has 0 bridgehead atoms. The lowest BCUT2D eigenvalue weighted by Gasteiger charge is -2.25. The maximum absolute atomic E-state index is 12.6. The van der Waals surface area contributed by atoms with Gasteiger partial charge in [-0.05, 0) is 42.8 Å². The molecule has 6 nitrogen and oxygen atoms in total. The maximum atomic E-state index is 12.6. The van der Waals surface area contributed by atoms with E-state index >= 15 is 0 Å². The highest BCUT2D eigenvalue weighted by Gasteiger charge is 2.30. The highest BCUT2D eigenvalue weighted by Crippen LogP contribution is 2.37. The molecule has 0 fully saturated rings. The highest BCUT2D eigenvalue weighted by molar-refractivity contribution is 7.17. The van der Waals surface area contributed by atoms with Crippen molar-refractivity contribution in [3.8, 4) is 0 Å². The summed E-state index contributed by atoms with van der Waals surface area (Å²) in [6, 6.07) is 3.43. The molecule has 10 heteroatoms. The van der Waals surface area contributed by atoms with Gasteiger partial charge in [0.15, 0.2) is 0 Å². The van der Waals surface area contributed by atoms with E-state index in [1.54, 1.807) is 0 Å². The van der Waals surface area contributed by atoms with Crippen molar-refractivity contribution < 1.29 is 22.8 Å². The van der Waals surface area contributed by atoms with Crippen molar-refractivity contribution in [1.29, 1.82) is 0 Å². The van der Waals surface area contributed by atoms with E-state index in [2.05, 4.69) is 15.5 Å². The summed E-state index contributed by atoms with van der Waals surface area (Å²) in [5.74, 6) is -0.618. The molecule has 3 amide bonds. The molecule has 0 spiro atoms. The number of nitrogens with zero attached hydrogens (tertiary/aromatic N) is 1. The zero-order valence-electron chi connectivity index (χ0n) is 15.0.